The zero-order chi connectivity index (χ0) is 25.9. The van der Waals surface area contributed by atoms with Crippen molar-refractivity contribution < 1.29 is 22.4 Å². The van der Waals surface area contributed by atoms with E-state index >= 15 is 0 Å². The molecular weight excluding hydrogens is 486 g/mol. The molecule has 4 aromatic heterocycles. The van der Waals surface area contributed by atoms with Crippen LogP contribution in [0.1, 0.15) is 17.9 Å². The fourth-order valence-corrected chi connectivity index (χ4v) is 4.16. The molecule has 186 valence electrons. The molecule has 5 rings (SSSR count). The van der Waals surface area contributed by atoms with Crippen molar-refractivity contribution in [3.05, 3.63) is 96.5 Å². The van der Waals surface area contributed by atoms with Crippen LogP contribution in [0, 0.1) is 11.6 Å². The van der Waals surface area contributed by atoms with E-state index in [0.29, 0.717) is 33.5 Å². The number of hydrogen-bond donors (Lipinski definition) is 2. The van der Waals surface area contributed by atoms with Crippen molar-refractivity contribution in [1.82, 2.24) is 19.9 Å². The molecule has 37 heavy (non-hydrogen) atoms. The lowest BCUT2D eigenvalue weighted by atomic mass is 9.95. The maximum Gasteiger partial charge on any atom is 0.239 e. The molecule has 6 nitrogen and oxygen atoms in total. The Hall–Kier alpha value is -4.60. The van der Waals surface area contributed by atoms with Gasteiger partial charge in [-0.15, -0.1) is 0 Å². The molecule has 1 aromatic carbocycles. The van der Waals surface area contributed by atoms with E-state index in [1.54, 1.807) is 30.5 Å². The van der Waals surface area contributed by atoms with Crippen LogP contribution in [0.4, 0.5) is 23.4 Å². The van der Waals surface area contributed by atoms with Gasteiger partial charge in [-0.05, 0) is 42.0 Å². The van der Waals surface area contributed by atoms with Gasteiger partial charge in [0.25, 0.3) is 0 Å². The zero-order valence-corrected chi connectivity index (χ0v) is 19.1. The molecule has 4 heterocycles. The smallest absolute Gasteiger partial charge is 0.239 e. The van der Waals surface area contributed by atoms with Crippen molar-refractivity contribution >= 4 is 22.8 Å². The van der Waals surface area contributed by atoms with Gasteiger partial charge in [0, 0.05) is 30.4 Å². The van der Waals surface area contributed by atoms with Crippen LogP contribution in [0.25, 0.3) is 33.5 Å². The fourth-order valence-electron chi connectivity index (χ4n) is 4.16. The van der Waals surface area contributed by atoms with E-state index in [1.165, 1.54) is 24.4 Å². The number of fused-ring (bicyclic) bond motifs is 1. The number of rotatable bonds is 7. The fraction of sp³-hybridized carbons (Fsp3) is 0.111. The number of nitrogens with one attached hydrogen (secondary N) is 2. The summed E-state index contributed by atoms with van der Waals surface area (Å²) in [5, 5.41) is 2.59. The number of carbonyl (C=O) groups is 1. The molecule has 0 spiro atoms. The molecule has 0 fully saturated rings. The molecule has 0 unspecified atom stereocenters. The number of aromatic nitrogens is 4. The molecule has 0 aliphatic heterocycles. The first-order chi connectivity index (χ1) is 17.9. The van der Waals surface area contributed by atoms with E-state index < -0.39 is 36.3 Å². The third-order valence-corrected chi connectivity index (χ3v) is 5.82. The van der Waals surface area contributed by atoms with Gasteiger partial charge in [-0.1, -0.05) is 18.2 Å². The monoisotopic (exact) mass is 505 g/mol. The lowest BCUT2D eigenvalue weighted by Gasteiger charge is -2.17. The third kappa shape index (κ3) is 5.18. The van der Waals surface area contributed by atoms with Crippen molar-refractivity contribution in [3.8, 4) is 22.5 Å². The van der Waals surface area contributed by atoms with E-state index in [4.69, 9.17) is 0 Å². The highest BCUT2D eigenvalue weighted by Gasteiger charge is 2.26. The molecule has 0 saturated heterocycles. The average molecular weight is 505 g/mol. The maximum atomic E-state index is 13.9. The highest BCUT2D eigenvalue weighted by molar-refractivity contribution is 6.01. The summed E-state index contributed by atoms with van der Waals surface area (Å²) in [5.74, 6) is -2.85. The number of pyridine rings is 3. The summed E-state index contributed by atoms with van der Waals surface area (Å²) in [6, 6.07) is 14.8. The summed E-state index contributed by atoms with van der Waals surface area (Å²) in [4.78, 5) is 29.0. The van der Waals surface area contributed by atoms with Crippen molar-refractivity contribution in [1.29, 1.82) is 0 Å². The number of amides is 1. The summed E-state index contributed by atoms with van der Waals surface area (Å²) >= 11 is 0. The summed E-state index contributed by atoms with van der Waals surface area (Å²) in [7, 11) is 0. The number of carbonyl (C=O) groups excluding carboxylic acids is 1. The predicted octanol–water partition coefficient (Wildman–Crippen LogP) is 6.34. The van der Waals surface area contributed by atoms with Gasteiger partial charge in [0.2, 0.25) is 12.3 Å². The normalized spacial score (nSPS) is 12.1. The topological polar surface area (TPSA) is 83.6 Å². The van der Waals surface area contributed by atoms with Crippen LogP contribution in [0.3, 0.4) is 0 Å². The number of benzene rings is 1. The minimum absolute atomic E-state index is 0.119. The van der Waals surface area contributed by atoms with Crippen molar-refractivity contribution in [2.75, 3.05) is 5.32 Å². The Balaban J connectivity index is 1.52. The summed E-state index contributed by atoms with van der Waals surface area (Å²) in [5.41, 5.74) is 3.58. The molecule has 0 saturated carbocycles. The summed E-state index contributed by atoms with van der Waals surface area (Å²) in [6.07, 6.45) is 0.703. The molecule has 1 atom stereocenters. The Morgan fingerprint density at radius 1 is 0.919 bits per heavy atom. The molecule has 0 aliphatic rings. The van der Waals surface area contributed by atoms with Crippen LogP contribution < -0.4 is 5.32 Å². The third-order valence-electron chi connectivity index (χ3n) is 5.82. The molecule has 0 radical (unpaired) electrons. The first kappa shape index (κ1) is 24.1. The minimum Gasteiger partial charge on any atom is -0.353 e. The molecule has 5 aromatic rings. The van der Waals surface area contributed by atoms with Gasteiger partial charge in [-0.3, -0.25) is 14.8 Å². The summed E-state index contributed by atoms with van der Waals surface area (Å²) < 4.78 is 53.7. The highest BCUT2D eigenvalue weighted by atomic mass is 19.3. The first-order valence-electron chi connectivity index (χ1n) is 11.3. The Morgan fingerprint density at radius 2 is 1.73 bits per heavy atom. The molecule has 0 bridgehead atoms. The predicted molar refractivity (Wildman–Crippen MR) is 131 cm³/mol. The van der Waals surface area contributed by atoms with E-state index in [-0.39, 0.29) is 11.4 Å². The number of aromatic amines is 1. The van der Waals surface area contributed by atoms with Gasteiger partial charge in [0.05, 0.1) is 40.1 Å². The highest BCUT2D eigenvalue weighted by Crippen LogP contribution is 2.37. The van der Waals surface area contributed by atoms with Gasteiger partial charge >= 0.3 is 0 Å². The van der Waals surface area contributed by atoms with Crippen LogP contribution in [0.2, 0.25) is 0 Å². The van der Waals surface area contributed by atoms with Crippen molar-refractivity contribution in [2.45, 2.75) is 18.8 Å². The molecule has 1 amide bonds. The quantitative estimate of drug-likeness (QED) is 0.253. The minimum atomic E-state index is -2.75. The van der Waals surface area contributed by atoms with Crippen LogP contribution in [0.5, 0.6) is 0 Å². The van der Waals surface area contributed by atoms with Crippen LogP contribution >= 0.6 is 0 Å². The second kappa shape index (κ2) is 10.2. The lowest BCUT2D eigenvalue weighted by Crippen LogP contribution is -2.23. The maximum absolute atomic E-state index is 13.9. The SMILES string of the molecule is O=C(Nc1cc(-c2[nH]c3cc(F)cnc3c2-c2ccccn2)ccn1)[C@H](CC(F)F)c1ccc(F)cc1. The van der Waals surface area contributed by atoms with Crippen LogP contribution in [-0.4, -0.2) is 32.3 Å². The van der Waals surface area contributed by atoms with Crippen molar-refractivity contribution in [3.63, 3.8) is 0 Å². The number of anilines is 1. The van der Waals surface area contributed by atoms with Gasteiger partial charge < -0.3 is 10.3 Å². The summed E-state index contributed by atoms with van der Waals surface area (Å²) in [6.45, 7) is 0. The largest absolute Gasteiger partial charge is 0.353 e. The number of nitrogens with zero attached hydrogens (tertiary/aromatic N) is 3. The average Bonchev–Trinajstić information content (AvgIpc) is 3.27. The zero-order valence-electron chi connectivity index (χ0n) is 19.1. The lowest BCUT2D eigenvalue weighted by molar-refractivity contribution is -0.118. The van der Waals surface area contributed by atoms with Gasteiger partial charge in [-0.25, -0.2) is 22.5 Å². The van der Waals surface area contributed by atoms with E-state index in [0.717, 1.165) is 18.3 Å². The standard InChI is InChI=1S/C27H19F4N5O/c28-17-6-4-15(5-7-17)19(13-22(30)31)27(37)36-23-11-16(8-10-33-23)25-24(20-3-1-2-9-32-20)26-21(35-25)12-18(29)14-34-26/h1-12,14,19,22,35H,13H2,(H,33,36,37)/t19-/m1/s1. The number of halogens is 4. The molecule has 0 aliphatic carbocycles. The molecule has 2 N–H and O–H groups in total. The second-order valence-corrected chi connectivity index (χ2v) is 8.29. The van der Waals surface area contributed by atoms with E-state index in [1.807, 2.05) is 6.07 Å². The Bertz CT molecular complexity index is 1550. The van der Waals surface area contributed by atoms with Gasteiger partial charge in [-0.2, -0.15) is 0 Å². The van der Waals surface area contributed by atoms with E-state index in [2.05, 4.69) is 25.3 Å². The van der Waals surface area contributed by atoms with Gasteiger partial charge in [0.1, 0.15) is 17.5 Å². The van der Waals surface area contributed by atoms with E-state index in [9.17, 15) is 22.4 Å². The first-order valence-corrected chi connectivity index (χ1v) is 11.3. The number of hydrogen-bond acceptors (Lipinski definition) is 4. The Labute approximate surface area is 208 Å². The van der Waals surface area contributed by atoms with Gasteiger partial charge in [0.15, 0.2) is 0 Å². The van der Waals surface area contributed by atoms with Crippen LogP contribution in [-0.2, 0) is 4.79 Å². The number of H-pyrrole nitrogens is 1. The second-order valence-electron chi connectivity index (χ2n) is 8.29. The van der Waals surface area contributed by atoms with Crippen LogP contribution in [0.15, 0.2) is 79.3 Å². The molecular formula is C27H19F4N5O. The van der Waals surface area contributed by atoms with Crippen molar-refractivity contribution in [2.24, 2.45) is 0 Å². The molecule has 10 heteroatoms. The number of alkyl halides is 2. The Kier molecular flexibility index (Phi) is 6.63. The Morgan fingerprint density at radius 3 is 2.46 bits per heavy atom.